The van der Waals surface area contributed by atoms with E-state index in [2.05, 4.69) is 254 Å². The Morgan fingerprint density at radius 3 is 1.30 bits per heavy atom. The summed E-state index contributed by atoms with van der Waals surface area (Å²) in [6.45, 7) is 0. The van der Waals surface area contributed by atoms with E-state index in [0.29, 0.717) is 0 Å². The summed E-state index contributed by atoms with van der Waals surface area (Å²) in [5, 5.41) is 4.62. The van der Waals surface area contributed by atoms with Crippen molar-refractivity contribution >= 4 is 49.8 Å². The van der Waals surface area contributed by atoms with E-state index in [-0.39, 0.29) is 0 Å². The molecule has 0 saturated carbocycles. The van der Waals surface area contributed by atoms with Gasteiger partial charge in [-0.1, -0.05) is 212 Å². The SMILES string of the molecule is c1ccc(-c2ccc(N(c3ccc(-c4cccc5c4oc4ccccc45)cc3)c3ccc4cc(-c5ccccc5-c5ccccc5-c5ccccc5-c5ccccc5)ccc4c3)cc2)cc1. The van der Waals surface area contributed by atoms with Crippen molar-refractivity contribution in [3.05, 3.63) is 261 Å². The van der Waals surface area contributed by atoms with E-state index in [0.717, 1.165) is 50.1 Å². The summed E-state index contributed by atoms with van der Waals surface area (Å²) in [5.74, 6) is 0. The third-order valence-corrected chi connectivity index (χ3v) is 12.9. The van der Waals surface area contributed by atoms with Crippen molar-refractivity contribution < 1.29 is 4.42 Å². The van der Waals surface area contributed by atoms with Gasteiger partial charge in [0.05, 0.1) is 0 Å². The molecule has 0 radical (unpaired) electrons. The van der Waals surface area contributed by atoms with Crippen LogP contribution in [0.3, 0.4) is 0 Å². The fraction of sp³-hybridized carbons (Fsp3) is 0. The number of anilines is 3. The minimum Gasteiger partial charge on any atom is -0.455 e. The maximum atomic E-state index is 6.44. The molecule has 0 spiro atoms. The quantitative estimate of drug-likeness (QED) is 0.144. The van der Waals surface area contributed by atoms with Crippen LogP contribution in [0.5, 0.6) is 0 Å². The summed E-state index contributed by atoms with van der Waals surface area (Å²) in [6.07, 6.45) is 0. The summed E-state index contributed by atoms with van der Waals surface area (Å²) in [7, 11) is 0. The zero-order valence-corrected chi connectivity index (χ0v) is 36.2. The van der Waals surface area contributed by atoms with Gasteiger partial charge in [-0.25, -0.2) is 0 Å². The molecular weight excluding hydrogens is 799 g/mol. The van der Waals surface area contributed by atoms with Gasteiger partial charge in [0.1, 0.15) is 11.2 Å². The molecule has 0 N–H and O–H groups in total. The topological polar surface area (TPSA) is 16.4 Å². The van der Waals surface area contributed by atoms with Gasteiger partial charge < -0.3 is 9.32 Å². The first-order valence-corrected chi connectivity index (χ1v) is 22.6. The third kappa shape index (κ3) is 7.12. The number of benzene rings is 11. The van der Waals surface area contributed by atoms with E-state index in [1.807, 2.05) is 12.1 Å². The molecule has 66 heavy (non-hydrogen) atoms. The standard InChI is InChI=1S/C64H43NO/c1-3-16-44(17-4-1)45-32-37-51(38-33-45)65(52-39-34-47(35-40-52)56-27-15-28-62-61-26-13-14-29-63(61)66-64(56)62)53-41-36-48-42-50(31-30-49(48)43-53)55-21-8-10-23-58(55)60-25-12-11-24-59(60)57-22-9-7-20-54(57)46-18-5-2-6-19-46/h1-43H. The summed E-state index contributed by atoms with van der Waals surface area (Å²) < 4.78 is 6.44. The largest absolute Gasteiger partial charge is 0.455 e. The molecule has 0 atom stereocenters. The molecule has 0 bridgehead atoms. The molecule has 0 aliphatic carbocycles. The number of furan rings is 1. The zero-order chi connectivity index (χ0) is 43.8. The molecule has 12 rings (SSSR count). The van der Waals surface area contributed by atoms with Crippen LogP contribution in [0.15, 0.2) is 265 Å². The zero-order valence-electron chi connectivity index (χ0n) is 36.2. The predicted molar refractivity (Wildman–Crippen MR) is 279 cm³/mol. The second-order valence-electron chi connectivity index (χ2n) is 16.8. The van der Waals surface area contributed by atoms with Crippen LogP contribution >= 0.6 is 0 Å². The molecule has 2 nitrogen and oxygen atoms in total. The van der Waals surface area contributed by atoms with Crippen LogP contribution in [0.4, 0.5) is 17.1 Å². The number of hydrogen-bond acceptors (Lipinski definition) is 2. The second kappa shape index (κ2) is 16.8. The summed E-state index contributed by atoms with van der Waals surface area (Å²) in [5.41, 5.74) is 19.3. The fourth-order valence-corrected chi connectivity index (χ4v) is 9.70. The predicted octanol–water partition coefficient (Wildman–Crippen LogP) is 18.2. The first-order valence-electron chi connectivity index (χ1n) is 22.6. The van der Waals surface area contributed by atoms with E-state index in [9.17, 15) is 0 Å². The maximum Gasteiger partial charge on any atom is 0.143 e. The van der Waals surface area contributed by atoms with Crippen molar-refractivity contribution in [2.45, 2.75) is 0 Å². The minimum absolute atomic E-state index is 0.903. The van der Waals surface area contributed by atoms with E-state index in [1.54, 1.807) is 0 Å². The highest BCUT2D eigenvalue weighted by atomic mass is 16.3. The minimum atomic E-state index is 0.903. The van der Waals surface area contributed by atoms with Crippen LogP contribution in [0.25, 0.3) is 99.5 Å². The average Bonchev–Trinajstić information content (AvgIpc) is 3.79. The van der Waals surface area contributed by atoms with Crippen LogP contribution < -0.4 is 4.90 Å². The van der Waals surface area contributed by atoms with Crippen molar-refractivity contribution in [2.75, 3.05) is 4.90 Å². The lowest BCUT2D eigenvalue weighted by molar-refractivity contribution is 0.670. The number of nitrogens with zero attached hydrogens (tertiary/aromatic N) is 1. The smallest absolute Gasteiger partial charge is 0.143 e. The summed E-state index contributed by atoms with van der Waals surface area (Å²) in [6, 6.07) is 93.8. The molecule has 1 aromatic heterocycles. The Bertz CT molecular complexity index is 3680. The Balaban J connectivity index is 0.925. The Kier molecular flexibility index (Phi) is 9.89. The van der Waals surface area contributed by atoms with Crippen LogP contribution in [0.1, 0.15) is 0 Å². The first kappa shape index (κ1) is 38.9. The number of hydrogen-bond donors (Lipinski definition) is 0. The molecule has 0 fully saturated rings. The Morgan fingerprint density at radius 1 is 0.242 bits per heavy atom. The van der Waals surface area contributed by atoms with Gasteiger partial charge in [-0.2, -0.15) is 0 Å². The molecule has 310 valence electrons. The van der Waals surface area contributed by atoms with Crippen molar-refractivity contribution in [1.29, 1.82) is 0 Å². The van der Waals surface area contributed by atoms with E-state index in [4.69, 9.17) is 4.42 Å². The van der Waals surface area contributed by atoms with Crippen molar-refractivity contribution in [1.82, 2.24) is 0 Å². The third-order valence-electron chi connectivity index (χ3n) is 12.9. The Labute approximate surface area is 384 Å². The van der Waals surface area contributed by atoms with Crippen molar-refractivity contribution in [3.8, 4) is 66.8 Å². The van der Waals surface area contributed by atoms with Crippen LogP contribution in [0, 0.1) is 0 Å². The normalized spacial score (nSPS) is 11.3. The van der Waals surface area contributed by atoms with Gasteiger partial charge in [0, 0.05) is 33.4 Å². The molecule has 2 heteroatoms. The number of para-hydroxylation sites is 2. The number of fused-ring (bicyclic) bond motifs is 4. The second-order valence-corrected chi connectivity index (χ2v) is 16.8. The van der Waals surface area contributed by atoms with E-state index >= 15 is 0 Å². The molecule has 0 saturated heterocycles. The van der Waals surface area contributed by atoms with Gasteiger partial charge in [0.25, 0.3) is 0 Å². The highest BCUT2D eigenvalue weighted by Gasteiger charge is 2.18. The molecular formula is C64H43NO. The highest BCUT2D eigenvalue weighted by Crippen LogP contribution is 2.44. The Morgan fingerprint density at radius 2 is 0.652 bits per heavy atom. The molecule has 1 heterocycles. The van der Waals surface area contributed by atoms with Gasteiger partial charge in [0.2, 0.25) is 0 Å². The molecule has 0 aliphatic rings. The molecule has 0 amide bonds. The maximum absolute atomic E-state index is 6.44. The average molecular weight is 842 g/mol. The van der Waals surface area contributed by atoms with E-state index in [1.165, 1.54) is 66.4 Å². The van der Waals surface area contributed by atoms with Gasteiger partial charge in [-0.15, -0.1) is 0 Å². The van der Waals surface area contributed by atoms with Gasteiger partial charge >= 0.3 is 0 Å². The van der Waals surface area contributed by atoms with Gasteiger partial charge in [-0.3, -0.25) is 0 Å². The van der Waals surface area contributed by atoms with Gasteiger partial charge in [-0.05, 0) is 121 Å². The molecule has 0 aliphatic heterocycles. The van der Waals surface area contributed by atoms with Crippen LogP contribution in [-0.4, -0.2) is 0 Å². The summed E-state index contributed by atoms with van der Waals surface area (Å²) in [4.78, 5) is 2.35. The van der Waals surface area contributed by atoms with Gasteiger partial charge in [0.15, 0.2) is 0 Å². The monoisotopic (exact) mass is 841 g/mol. The lowest BCUT2D eigenvalue weighted by Gasteiger charge is -2.26. The lowest BCUT2D eigenvalue weighted by atomic mass is 9.86. The molecule has 11 aromatic carbocycles. The number of rotatable bonds is 9. The van der Waals surface area contributed by atoms with Crippen molar-refractivity contribution in [3.63, 3.8) is 0 Å². The molecule has 0 unspecified atom stereocenters. The molecule has 12 aromatic rings. The van der Waals surface area contributed by atoms with E-state index < -0.39 is 0 Å². The first-order chi connectivity index (χ1) is 32.7. The van der Waals surface area contributed by atoms with Crippen LogP contribution in [0.2, 0.25) is 0 Å². The lowest BCUT2D eigenvalue weighted by Crippen LogP contribution is -2.09. The van der Waals surface area contributed by atoms with Crippen molar-refractivity contribution in [2.24, 2.45) is 0 Å². The Hall–Kier alpha value is -8.72. The van der Waals surface area contributed by atoms with Crippen LogP contribution in [-0.2, 0) is 0 Å². The fourth-order valence-electron chi connectivity index (χ4n) is 9.70. The summed E-state index contributed by atoms with van der Waals surface area (Å²) >= 11 is 0. The highest BCUT2D eigenvalue weighted by molar-refractivity contribution is 6.09.